The van der Waals surface area contributed by atoms with E-state index in [1.807, 2.05) is 0 Å². The summed E-state index contributed by atoms with van der Waals surface area (Å²) in [5.74, 6) is -0.706. The Kier molecular flexibility index (Phi) is 5.91. The minimum absolute atomic E-state index is 0. The monoisotopic (exact) mass is 329 g/mol. The number of carbonyl (C=O) groups excluding carboxylic acids is 2. The van der Waals surface area contributed by atoms with Crippen molar-refractivity contribution in [3.8, 4) is 0 Å². The molecule has 1 heterocycles. The maximum absolute atomic E-state index is 13.1. The minimum Gasteiger partial charge on any atom is -0.335 e. The quantitative estimate of drug-likeness (QED) is 0.904. The van der Waals surface area contributed by atoms with E-state index >= 15 is 0 Å². The fraction of sp³-hybridized carbons (Fsp3) is 0.467. The molecule has 1 aromatic rings. The first kappa shape index (κ1) is 18.4. The molecule has 7 heteroatoms. The summed E-state index contributed by atoms with van der Waals surface area (Å²) in [6.07, 6.45) is 0. The van der Waals surface area contributed by atoms with Crippen LogP contribution in [0.15, 0.2) is 24.3 Å². The van der Waals surface area contributed by atoms with Gasteiger partial charge < -0.3 is 15.5 Å². The summed E-state index contributed by atoms with van der Waals surface area (Å²) < 4.78 is 13.1. The number of hydrogen-bond acceptors (Lipinski definition) is 3. The van der Waals surface area contributed by atoms with Gasteiger partial charge in [-0.2, -0.15) is 0 Å². The summed E-state index contributed by atoms with van der Waals surface area (Å²) in [4.78, 5) is 27.3. The fourth-order valence-electron chi connectivity index (χ4n) is 2.31. The van der Waals surface area contributed by atoms with E-state index in [1.54, 1.807) is 30.9 Å². The van der Waals surface area contributed by atoms with E-state index in [4.69, 9.17) is 5.73 Å². The number of rotatable bonds is 3. The van der Waals surface area contributed by atoms with Gasteiger partial charge >= 0.3 is 0 Å². The first-order valence-electron chi connectivity index (χ1n) is 6.88. The molecule has 2 rings (SSSR count). The van der Waals surface area contributed by atoms with Gasteiger partial charge in [0.1, 0.15) is 5.82 Å². The highest BCUT2D eigenvalue weighted by Crippen LogP contribution is 2.13. The number of halogens is 2. The summed E-state index contributed by atoms with van der Waals surface area (Å²) in [7, 11) is 0. The van der Waals surface area contributed by atoms with Crippen LogP contribution in [0.3, 0.4) is 0 Å². The average molecular weight is 330 g/mol. The molecule has 1 aliphatic heterocycles. The van der Waals surface area contributed by atoms with Crippen LogP contribution in [0.25, 0.3) is 0 Å². The number of piperazine rings is 1. The SMILES string of the molecule is CC(C)(N)C(=O)N1CCN(Cc2cccc(F)c2)C(=O)C1.Cl. The van der Waals surface area contributed by atoms with Crippen molar-refractivity contribution in [1.29, 1.82) is 0 Å². The lowest BCUT2D eigenvalue weighted by Gasteiger charge is -2.37. The number of carbonyl (C=O) groups is 2. The number of nitrogens with two attached hydrogens (primary N) is 1. The molecule has 2 N–H and O–H groups in total. The molecule has 5 nitrogen and oxygen atoms in total. The summed E-state index contributed by atoms with van der Waals surface area (Å²) in [6, 6.07) is 6.17. The normalized spacial score (nSPS) is 15.5. The third-order valence-electron chi connectivity index (χ3n) is 3.42. The fourth-order valence-corrected chi connectivity index (χ4v) is 2.31. The topological polar surface area (TPSA) is 66.6 Å². The van der Waals surface area contributed by atoms with Crippen molar-refractivity contribution in [2.75, 3.05) is 19.6 Å². The molecular weight excluding hydrogens is 309 g/mol. The van der Waals surface area contributed by atoms with Crippen LogP contribution >= 0.6 is 12.4 Å². The molecule has 1 aromatic carbocycles. The minimum atomic E-state index is -0.981. The molecular formula is C15H21ClFN3O2. The molecule has 0 aromatic heterocycles. The number of hydrogen-bond donors (Lipinski definition) is 1. The molecule has 0 unspecified atom stereocenters. The van der Waals surface area contributed by atoms with E-state index in [-0.39, 0.29) is 36.6 Å². The molecule has 122 valence electrons. The van der Waals surface area contributed by atoms with Gasteiger partial charge in [0.05, 0.1) is 12.1 Å². The van der Waals surface area contributed by atoms with Crippen LogP contribution in [-0.2, 0) is 16.1 Å². The predicted molar refractivity (Wildman–Crippen MR) is 83.9 cm³/mol. The van der Waals surface area contributed by atoms with Crippen molar-refractivity contribution >= 4 is 24.2 Å². The molecule has 22 heavy (non-hydrogen) atoms. The van der Waals surface area contributed by atoms with Gasteiger partial charge in [0.25, 0.3) is 0 Å². The lowest BCUT2D eigenvalue weighted by molar-refractivity contribution is -0.148. The summed E-state index contributed by atoms with van der Waals surface area (Å²) >= 11 is 0. The highest BCUT2D eigenvalue weighted by molar-refractivity contribution is 5.90. The van der Waals surface area contributed by atoms with Crippen LogP contribution in [0.1, 0.15) is 19.4 Å². The molecule has 0 radical (unpaired) electrons. The van der Waals surface area contributed by atoms with E-state index in [2.05, 4.69) is 0 Å². The van der Waals surface area contributed by atoms with Crippen LogP contribution < -0.4 is 5.73 Å². The summed E-state index contributed by atoms with van der Waals surface area (Å²) in [5.41, 5.74) is 5.53. The van der Waals surface area contributed by atoms with Crippen molar-refractivity contribution in [3.63, 3.8) is 0 Å². The first-order valence-corrected chi connectivity index (χ1v) is 6.88. The largest absolute Gasteiger partial charge is 0.335 e. The Balaban J connectivity index is 0.00000242. The van der Waals surface area contributed by atoms with Gasteiger partial charge in [-0.25, -0.2) is 4.39 Å². The molecule has 1 aliphatic rings. The Labute approximate surface area is 135 Å². The number of nitrogens with zero attached hydrogens (tertiary/aromatic N) is 2. The standard InChI is InChI=1S/C15H20FN3O2.ClH/c1-15(2,17)14(21)19-7-6-18(13(20)10-19)9-11-4-3-5-12(16)8-11;/h3-5,8H,6-7,9-10,17H2,1-2H3;1H. The molecule has 0 saturated carbocycles. The molecule has 1 fully saturated rings. The van der Waals surface area contributed by atoms with Gasteiger partial charge in [0.2, 0.25) is 11.8 Å². The van der Waals surface area contributed by atoms with Gasteiger partial charge in [-0.3, -0.25) is 9.59 Å². The van der Waals surface area contributed by atoms with Gasteiger partial charge in [-0.15, -0.1) is 12.4 Å². The van der Waals surface area contributed by atoms with Crippen LogP contribution in [0.2, 0.25) is 0 Å². The maximum atomic E-state index is 13.1. The van der Waals surface area contributed by atoms with Gasteiger partial charge in [0.15, 0.2) is 0 Å². The zero-order valence-electron chi connectivity index (χ0n) is 12.7. The second kappa shape index (κ2) is 7.07. The van der Waals surface area contributed by atoms with E-state index in [0.717, 1.165) is 5.56 Å². The van der Waals surface area contributed by atoms with Crippen molar-refractivity contribution < 1.29 is 14.0 Å². The Bertz CT molecular complexity index is 560. The first-order chi connectivity index (χ1) is 9.77. The van der Waals surface area contributed by atoms with E-state index in [0.29, 0.717) is 19.6 Å². The van der Waals surface area contributed by atoms with Gasteiger partial charge in [-0.1, -0.05) is 12.1 Å². The maximum Gasteiger partial charge on any atom is 0.242 e. The van der Waals surface area contributed by atoms with E-state index in [1.165, 1.54) is 17.0 Å². The second-order valence-electron chi connectivity index (χ2n) is 5.89. The predicted octanol–water partition coefficient (Wildman–Crippen LogP) is 1.16. The lowest BCUT2D eigenvalue weighted by atomic mass is 10.0. The molecule has 0 aliphatic carbocycles. The second-order valence-corrected chi connectivity index (χ2v) is 5.89. The molecule has 0 bridgehead atoms. The number of amides is 2. The Hall–Kier alpha value is -1.66. The van der Waals surface area contributed by atoms with Crippen LogP contribution in [0.5, 0.6) is 0 Å². The number of benzene rings is 1. The molecule has 2 amide bonds. The average Bonchev–Trinajstić information content (AvgIpc) is 2.39. The third kappa shape index (κ3) is 4.42. The zero-order valence-corrected chi connectivity index (χ0v) is 13.5. The third-order valence-corrected chi connectivity index (χ3v) is 3.42. The van der Waals surface area contributed by atoms with Crippen molar-refractivity contribution in [1.82, 2.24) is 9.80 Å². The summed E-state index contributed by atoms with van der Waals surface area (Å²) in [5, 5.41) is 0. The smallest absolute Gasteiger partial charge is 0.242 e. The van der Waals surface area contributed by atoms with Crippen LogP contribution in [0, 0.1) is 5.82 Å². The highest BCUT2D eigenvalue weighted by Gasteiger charge is 2.33. The molecule has 1 saturated heterocycles. The van der Waals surface area contributed by atoms with E-state index in [9.17, 15) is 14.0 Å². The van der Waals surface area contributed by atoms with Crippen LogP contribution in [0.4, 0.5) is 4.39 Å². The van der Waals surface area contributed by atoms with Crippen molar-refractivity contribution in [2.24, 2.45) is 5.73 Å². The Morgan fingerprint density at radius 3 is 2.59 bits per heavy atom. The van der Waals surface area contributed by atoms with Crippen LogP contribution in [-0.4, -0.2) is 46.8 Å². The Morgan fingerprint density at radius 2 is 2.05 bits per heavy atom. The lowest BCUT2D eigenvalue weighted by Crippen LogP contribution is -2.58. The Morgan fingerprint density at radius 1 is 1.36 bits per heavy atom. The molecule has 0 atom stereocenters. The van der Waals surface area contributed by atoms with Crippen molar-refractivity contribution in [2.45, 2.75) is 25.9 Å². The molecule has 0 spiro atoms. The van der Waals surface area contributed by atoms with Crippen molar-refractivity contribution in [3.05, 3.63) is 35.6 Å². The summed E-state index contributed by atoms with van der Waals surface area (Å²) in [6.45, 7) is 4.50. The van der Waals surface area contributed by atoms with Gasteiger partial charge in [0, 0.05) is 19.6 Å². The zero-order chi connectivity index (χ0) is 15.6. The van der Waals surface area contributed by atoms with Gasteiger partial charge in [-0.05, 0) is 31.5 Å². The highest BCUT2D eigenvalue weighted by atomic mass is 35.5. The van der Waals surface area contributed by atoms with E-state index < -0.39 is 5.54 Å².